The van der Waals surface area contributed by atoms with Gasteiger partial charge in [-0.05, 0) is 36.7 Å². The fourth-order valence-corrected chi connectivity index (χ4v) is 4.84. The smallest absolute Gasteiger partial charge is 0.308 e. The lowest BCUT2D eigenvalue weighted by Crippen LogP contribution is -2.43. The summed E-state index contributed by atoms with van der Waals surface area (Å²) in [5.41, 5.74) is 1.02. The summed E-state index contributed by atoms with van der Waals surface area (Å²) in [6.07, 6.45) is 7.31. The van der Waals surface area contributed by atoms with Gasteiger partial charge < -0.3 is 19.7 Å². The van der Waals surface area contributed by atoms with Crippen molar-refractivity contribution in [1.29, 1.82) is 0 Å². The molecule has 0 aromatic carbocycles. The molecule has 0 radical (unpaired) electrons. The van der Waals surface area contributed by atoms with Gasteiger partial charge in [0.25, 0.3) is 0 Å². The van der Waals surface area contributed by atoms with Gasteiger partial charge in [0.05, 0.1) is 24.5 Å². The van der Waals surface area contributed by atoms with E-state index in [1.165, 1.54) is 0 Å². The minimum atomic E-state index is -0.630. The molecule has 6 nitrogen and oxygen atoms in total. The fourth-order valence-electron chi connectivity index (χ4n) is 4.84. The van der Waals surface area contributed by atoms with Crippen molar-refractivity contribution >= 4 is 11.9 Å². The van der Waals surface area contributed by atoms with Gasteiger partial charge in [0.1, 0.15) is 12.2 Å². The number of cyclic esters (lactones) is 1. The average Bonchev–Trinajstić information content (AvgIpc) is 2.65. The molecule has 1 saturated heterocycles. The zero-order valence-electron chi connectivity index (χ0n) is 17.6. The number of carbonyl (C=O) groups is 2. The molecule has 0 aromatic rings. The number of hydrogen-bond acceptors (Lipinski definition) is 6. The topological polar surface area (TPSA) is 93.1 Å². The SMILES string of the molecule is CCC(C)C(=O)OC1CC(O)C=C2C=CC(C)C(CCC3C[C@H](O)CC(=O)O3)C21. The summed E-state index contributed by atoms with van der Waals surface area (Å²) in [4.78, 5) is 24.1. The molecule has 0 amide bonds. The van der Waals surface area contributed by atoms with Crippen LogP contribution in [0.4, 0.5) is 0 Å². The Morgan fingerprint density at radius 2 is 2.07 bits per heavy atom. The molecule has 29 heavy (non-hydrogen) atoms. The Morgan fingerprint density at radius 3 is 2.76 bits per heavy atom. The second kappa shape index (κ2) is 9.43. The van der Waals surface area contributed by atoms with Gasteiger partial charge in [-0.3, -0.25) is 9.59 Å². The number of aliphatic hydroxyl groups excluding tert-OH is 2. The molecule has 6 heteroatoms. The zero-order valence-corrected chi connectivity index (χ0v) is 17.6. The third-order valence-corrected chi connectivity index (χ3v) is 6.71. The molecule has 1 fully saturated rings. The van der Waals surface area contributed by atoms with Crippen molar-refractivity contribution in [3.05, 3.63) is 23.8 Å². The Kier molecular flexibility index (Phi) is 7.17. The third-order valence-electron chi connectivity index (χ3n) is 6.71. The number of esters is 2. The molecule has 0 bridgehead atoms. The highest BCUT2D eigenvalue weighted by Crippen LogP contribution is 2.44. The average molecular weight is 407 g/mol. The molecule has 3 rings (SSSR count). The number of rotatable bonds is 6. The highest BCUT2D eigenvalue weighted by Gasteiger charge is 2.42. The molecule has 2 aliphatic carbocycles. The van der Waals surface area contributed by atoms with Crippen LogP contribution in [0.1, 0.15) is 59.3 Å². The summed E-state index contributed by atoms with van der Waals surface area (Å²) in [5.74, 6) is -0.203. The summed E-state index contributed by atoms with van der Waals surface area (Å²) in [6, 6.07) is 0. The van der Waals surface area contributed by atoms with Crippen LogP contribution in [0.5, 0.6) is 0 Å². The maximum absolute atomic E-state index is 12.5. The maximum atomic E-state index is 12.5. The van der Waals surface area contributed by atoms with Crippen LogP contribution in [0.3, 0.4) is 0 Å². The molecule has 1 heterocycles. The molecule has 8 atom stereocenters. The minimum Gasteiger partial charge on any atom is -0.462 e. The van der Waals surface area contributed by atoms with Gasteiger partial charge in [-0.1, -0.05) is 39.0 Å². The van der Waals surface area contributed by atoms with Crippen LogP contribution in [0.2, 0.25) is 0 Å². The predicted molar refractivity (Wildman–Crippen MR) is 108 cm³/mol. The third kappa shape index (κ3) is 5.28. The van der Waals surface area contributed by atoms with Gasteiger partial charge in [-0.25, -0.2) is 0 Å². The summed E-state index contributed by atoms with van der Waals surface area (Å²) in [6.45, 7) is 5.97. The van der Waals surface area contributed by atoms with E-state index in [1.807, 2.05) is 26.0 Å². The second-order valence-corrected chi connectivity index (χ2v) is 8.95. The van der Waals surface area contributed by atoms with E-state index in [-0.39, 0.29) is 54.2 Å². The van der Waals surface area contributed by atoms with E-state index in [1.54, 1.807) is 0 Å². The number of carbonyl (C=O) groups excluding carboxylic acids is 2. The lowest BCUT2D eigenvalue weighted by atomic mass is 9.66. The highest BCUT2D eigenvalue weighted by molar-refractivity contribution is 5.72. The van der Waals surface area contributed by atoms with E-state index in [2.05, 4.69) is 13.0 Å². The van der Waals surface area contributed by atoms with Crippen molar-refractivity contribution in [3.63, 3.8) is 0 Å². The maximum Gasteiger partial charge on any atom is 0.308 e. The van der Waals surface area contributed by atoms with Crippen molar-refractivity contribution in [2.75, 3.05) is 0 Å². The summed E-state index contributed by atoms with van der Waals surface area (Å²) in [7, 11) is 0. The van der Waals surface area contributed by atoms with Gasteiger partial charge in [0.2, 0.25) is 0 Å². The molecule has 0 spiro atoms. The minimum absolute atomic E-state index is 0.0237. The first-order chi connectivity index (χ1) is 13.8. The van der Waals surface area contributed by atoms with Crippen molar-refractivity contribution in [2.45, 2.75) is 83.7 Å². The number of aliphatic hydroxyl groups is 2. The highest BCUT2D eigenvalue weighted by atomic mass is 16.6. The van der Waals surface area contributed by atoms with Crippen molar-refractivity contribution in [2.24, 2.45) is 23.7 Å². The molecule has 0 saturated carbocycles. The number of hydrogen-bond donors (Lipinski definition) is 2. The van der Waals surface area contributed by atoms with Crippen LogP contribution in [0, 0.1) is 23.7 Å². The second-order valence-electron chi connectivity index (χ2n) is 8.95. The Labute approximate surface area is 173 Å². The molecule has 0 aromatic heterocycles. The van der Waals surface area contributed by atoms with Crippen LogP contribution >= 0.6 is 0 Å². The molecular formula is C23H34O6. The molecular weight excluding hydrogens is 372 g/mol. The lowest BCUT2D eigenvalue weighted by molar-refractivity contribution is -0.162. The Hall–Kier alpha value is -1.66. The monoisotopic (exact) mass is 406 g/mol. The van der Waals surface area contributed by atoms with Gasteiger partial charge >= 0.3 is 11.9 Å². The lowest BCUT2D eigenvalue weighted by Gasteiger charge is -2.43. The van der Waals surface area contributed by atoms with E-state index in [0.29, 0.717) is 19.3 Å². The normalized spacial score (nSPS) is 37.9. The van der Waals surface area contributed by atoms with E-state index in [0.717, 1.165) is 18.4 Å². The van der Waals surface area contributed by atoms with Gasteiger partial charge in [0, 0.05) is 18.8 Å². The Balaban J connectivity index is 1.74. The first-order valence-corrected chi connectivity index (χ1v) is 10.9. The molecule has 162 valence electrons. The van der Waals surface area contributed by atoms with Crippen LogP contribution in [0.25, 0.3) is 0 Å². The molecule has 2 N–H and O–H groups in total. The number of fused-ring (bicyclic) bond motifs is 1. The summed E-state index contributed by atoms with van der Waals surface area (Å²) >= 11 is 0. The van der Waals surface area contributed by atoms with Crippen LogP contribution in [-0.2, 0) is 19.1 Å². The quantitative estimate of drug-likeness (QED) is 0.659. The van der Waals surface area contributed by atoms with E-state index < -0.39 is 12.2 Å². The van der Waals surface area contributed by atoms with E-state index in [4.69, 9.17) is 9.47 Å². The van der Waals surface area contributed by atoms with Crippen LogP contribution in [-0.4, -0.2) is 46.6 Å². The Morgan fingerprint density at radius 1 is 1.31 bits per heavy atom. The first kappa shape index (κ1) is 22.0. The number of ether oxygens (including phenoxy) is 2. The summed E-state index contributed by atoms with van der Waals surface area (Å²) < 4.78 is 11.3. The van der Waals surface area contributed by atoms with E-state index in [9.17, 15) is 19.8 Å². The van der Waals surface area contributed by atoms with Crippen molar-refractivity contribution in [1.82, 2.24) is 0 Å². The van der Waals surface area contributed by atoms with E-state index >= 15 is 0 Å². The zero-order chi connectivity index (χ0) is 21.1. The Bertz CT molecular complexity index is 668. The standard InChI is InChI=1S/C23H34O6/c1-4-13(2)23(27)29-20-11-16(24)9-15-6-5-14(3)19(22(15)20)8-7-18-10-17(25)12-21(26)28-18/h5-6,9,13-14,16-20,22,24-25H,4,7-8,10-12H2,1-3H3/t13?,14?,16?,17-,18?,19?,20?,22?/m0/s1. The van der Waals surface area contributed by atoms with Crippen molar-refractivity contribution in [3.8, 4) is 0 Å². The van der Waals surface area contributed by atoms with Crippen LogP contribution < -0.4 is 0 Å². The van der Waals surface area contributed by atoms with Gasteiger partial charge in [-0.15, -0.1) is 0 Å². The predicted octanol–water partition coefficient (Wildman–Crippen LogP) is 2.92. The fraction of sp³-hybridized carbons (Fsp3) is 0.739. The number of allylic oxidation sites excluding steroid dienone is 2. The van der Waals surface area contributed by atoms with Gasteiger partial charge in [0.15, 0.2) is 0 Å². The molecule has 3 aliphatic rings. The van der Waals surface area contributed by atoms with Crippen LogP contribution in [0.15, 0.2) is 23.8 Å². The van der Waals surface area contributed by atoms with Crippen molar-refractivity contribution < 1.29 is 29.3 Å². The molecule has 7 unspecified atom stereocenters. The first-order valence-electron chi connectivity index (χ1n) is 10.9. The molecule has 1 aliphatic heterocycles. The summed E-state index contributed by atoms with van der Waals surface area (Å²) in [5, 5.41) is 20.2. The largest absolute Gasteiger partial charge is 0.462 e. The van der Waals surface area contributed by atoms with Gasteiger partial charge in [-0.2, -0.15) is 0 Å².